The first-order chi connectivity index (χ1) is 16.0. The molecule has 0 bridgehead atoms. The summed E-state index contributed by atoms with van der Waals surface area (Å²) >= 11 is 0. The smallest absolute Gasteiger partial charge is 0.168 e. The van der Waals surface area contributed by atoms with Crippen molar-refractivity contribution in [3.05, 3.63) is 108 Å². The summed E-state index contributed by atoms with van der Waals surface area (Å²) in [6, 6.07) is 29.5. The third-order valence-corrected chi connectivity index (χ3v) is 6.33. The van der Waals surface area contributed by atoms with Gasteiger partial charge in [0.1, 0.15) is 0 Å². The summed E-state index contributed by atoms with van der Waals surface area (Å²) in [7, 11) is 0. The van der Waals surface area contributed by atoms with Gasteiger partial charge in [-0.15, -0.1) is 10.2 Å². The van der Waals surface area contributed by atoms with E-state index < -0.39 is 0 Å². The number of aromatic nitrogens is 3. The van der Waals surface area contributed by atoms with Gasteiger partial charge in [0.2, 0.25) is 0 Å². The Morgan fingerprint density at radius 3 is 1.79 bits per heavy atom. The second-order valence-corrected chi connectivity index (χ2v) is 9.60. The quantitative estimate of drug-likeness (QED) is 0.331. The van der Waals surface area contributed by atoms with E-state index in [1.165, 1.54) is 22.3 Å². The standard InChI is InChI=1S/C30H29N3/c1-30(2,3)26-20-18-25(19-21-26)29-32-31-28(33(29)27-12-8-5-9-13-27)24-16-14-23(15-17-24)22-10-6-4-7-11-22/h4-18,20H,19,21H2,1-3H3. The van der Waals surface area contributed by atoms with Crippen molar-refractivity contribution in [2.75, 3.05) is 0 Å². The van der Waals surface area contributed by atoms with Crippen molar-refractivity contribution in [3.8, 4) is 28.2 Å². The fourth-order valence-electron chi connectivity index (χ4n) is 4.39. The van der Waals surface area contributed by atoms with E-state index in [1.807, 2.05) is 12.1 Å². The summed E-state index contributed by atoms with van der Waals surface area (Å²) in [6.07, 6.45) is 6.53. The van der Waals surface area contributed by atoms with Gasteiger partial charge in [0, 0.05) is 11.3 Å². The van der Waals surface area contributed by atoms with Crippen LogP contribution >= 0.6 is 0 Å². The van der Waals surface area contributed by atoms with Crippen LogP contribution in [0.2, 0.25) is 0 Å². The van der Waals surface area contributed by atoms with Crippen LogP contribution in [0.25, 0.3) is 33.8 Å². The van der Waals surface area contributed by atoms with Gasteiger partial charge in [-0.05, 0) is 47.1 Å². The molecule has 1 heterocycles. The van der Waals surface area contributed by atoms with Crippen LogP contribution < -0.4 is 0 Å². The van der Waals surface area contributed by atoms with Gasteiger partial charge < -0.3 is 0 Å². The van der Waals surface area contributed by atoms with E-state index in [1.54, 1.807) is 0 Å². The Hall–Kier alpha value is -3.72. The van der Waals surface area contributed by atoms with E-state index in [-0.39, 0.29) is 5.41 Å². The molecule has 0 unspecified atom stereocenters. The van der Waals surface area contributed by atoms with Gasteiger partial charge in [-0.3, -0.25) is 4.57 Å². The van der Waals surface area contributed by atoms with Crippen LogP contribution in [0.5, 0.6) is 0 Å². The van der Waals surface area contributed by atoms with E-state index in [2.05, 4.69) is 120 Å². The molecule has 3 aromatic carbocycles. The summed E-state index contributed by atoms with van der Waals surface area (Å²) in [6.45, 7) is 6.84. The molecule has 5 rings (SSSR count). The van der Waals surface area contributed by atoms with E-state index in [9.17, 15) is 0 Å². The van der Waals surface area contributed by atoms with Crippen LogP contribution in [0.1, 0.15) is 39.4 Å². The zero-order chi connectivity index (χ0) is 22.8. The van der Waals surface area contributed by atoms with Crippen LogP contribution in [0.15, 0.2) is 103 Å². The molecule has 0 saturated heterocycles. The number of allylic oxidation sites excluding steroid dienone is 4. The molecule has 4 aromatic rings. The van der Waals surface area contributed by atoms with Gasteiger partial charge in [0.25, 0.3) is 0 Å². The molecule has 1 aliphatic carbocycles. The zero-order valence-corrected chi connectivity index (χ0v) is 19.5. The Kier molecular flexibility index (Phi) is 5.55. The van der Waals surface area contributed by atoms with E-state index >= 15 is 0 Å². The fraction of sp³-hybridized carbons (Fsp3) is 0.200. The number of hydrogen-bond donors (Lipinski definition) is 0. The van der Waals surface area contributed by atoms with Crippen LogP contribution in [0, 0.1) is 5.41 Å². The molecule has 0 spiro atoms. The van der Waals surface area contributed by atoms with Crippen molar-refractivity contribution in [2.45, 2.75) is 33.6 Å². The molecule has 3 nitrogen and oxygen atoms in total. The Balaban J connectivity index is 1.58. The summed E-state index contributed by atoms with van der Waals surface area (Å²) in [5.74, 6) is 1.79. The topological polar surface area (TPSA) is 30.7 Å². The van der Waals surface area contributed by atoms with Crippen LogP contribution in [0.3, 0.4) is 0 Å². The summed E-state index contributed by atoms with van der Waals surface area (Å²) in [5.41, 5.74) is 7.44. The Morgan fingerprint density at radius 2 is 1.18 bits per heavy atom. The lowest BCUT2D eigenvalue weighted by Gasteiger charge is -2.26. The van der Waals surface area contributed by atoms with Crippen LogP contribution in [0.4, 0.5) is 0 Å². The maximum Gasteiger partial charge on any atom is 0.168 e. The molecular weight excluding hydrogens is 402 g/mol. The average molecular weight is 432 g/mol. The van der Waals surface area contributed by atoms with Gasteiger partial charge in [-0.2, -0.15) is 0 Å². The summed E-state index contributed by atoms with van der Waals surface area (Å²) in [5, 5.41) is 9.34. The minimum atomic E-state index is 0.195. The molecular formula is C30H29N3. The van der Waals surface area contributed by atoms with Crippen molar-refractivity contribution in [1.29, 1.82) is 0 Å². The van der Waals surface area contributed by atoms with Gasteiger partial charge in [-0.1, -0.05) is 111 Å². The molecule has 164 valence electrons. The molecule has 0 saturated carbocycles. The van der Waals surface area contributed by atoms with E-state index in [4.69, 9.17) is 0 Å². The largest absolute Gasteiger partial charge is 0.275 e. The van der Waals surface area contributed by atoms with E-state index in [0.29, 0.717) is 0 Å². The fourth-order valence-corrected chi connectivity index (χ4v) is 4.39. The molecule has 0 atom stereocenters. The van der Waals surface area contributed by atoms with E-state index in [0.717, 1.165) is 35.7 Å². The van der Waals surface area contributed by atoms with Crippen molar-refractivity contribution >= 4 is 5.57 Å². The third-order valence-electron chi connectivity index (χ3n) is 6.33. The first kappa shape index (κ1) is 21.1. The highest BCUT2D eigenvalue weighted by Crippen LogP contribution is 2.37. The maximum atomic E-state index is 4.68. The average Bonchev–Trinajstić information content (AvgIpc) is 3.30. The maximum absolute atomic E-state index is 4.68. The monoisotopic (exact) mass is 431 g/mol. The Labute approximate surface area is 196 Å². The first-order valence-corrected chi connectivity index (χ1v) is 11.6. The second-order valence-electron chi connectivity index (χ2n) is 9.60. The van der Waals surface area contributed by atoms with Crippen LogP contribution in [-0.2, 0) is 0 Å². The third kappa shape index (κ3) is 4.31. The number of para-hydroxylation sites is 1. The molecule has 0 amide bonds. The second kappa shape index (κ2) is 8.67. The lowest BCUT2D eigenvalue weighted by atomic mass is 9.80. The summed E-state index contributed by atoms with van der Waals surface area (Å²) < 4.78 is 2.19. The van der Waals surface area contributed by atoms with Crippen molar-refractivity contribution < 1.29 is 0 Å². The molecule has 3 heteroatoms. The highest BCUT2D eigenvalue weighted by atomic mass is 15.3. The molecule has 0 N–H and O–H groups in total. The number of hydrogen-bond acceptors (Lipinski definition) is 2. The zero-order valence-electron chi connectivity index (χ0n) is 19.5. The predicted octanol–water partition coefficient (Wildman–Crippen LogP) is 7.75. The van der Waals surface area contributed by atoms with Gasteiger partial charge in [-0.25, -0.2) is 0 Å². The molecule has 1 aliphatic rings. The lowest BCUT2D eigenvalue weighted by molar-refractivity contribution is 0.482. The lowest BCUT2D eigenvalue weighted by Crippen LogP contribution is -2.12. The van der Waals surface area contributed by atoms with Crippen LogP contribution in [-0.4, -0.2) is 14.8 Å². The molecule has 33 heavy (non-hydrogen) atoms. The number of nitrogens with zero attached hydrogens (tertiary/aromatic N) is 3. The number of benzene rings is 3. The first-order valence-electron chi connectivity index (χ1n) is 11.6. The SMILES string of the molecule is CC(C)(C)C1=CC=C(c2nnc(-c3ccc(-c4ccccc4)cc3)n2-c2ccccc2)CC1. The minimum absolute atomic E-state index is 0.195. The van der Waals surface area contributed by atoms with Crippen molar-refractivity contribution in [2.24, 2.45) is 5.41 Å². The van der Waals surface area contributed by atoms with Crippen molar-refractivity contribution in [1.82, 2.24) is 14.8 Å². The number of rotatable bonds is 4. The molecule has 0 aliphatic heterocycles. The highest BCUT2D eigenvalue weighted by molar-refractivity contribution is 5.72. The van der Waals surface area contributed by atoms with Gasteiger partial charge in [0.05, 0.1) is 0 Å². The predicted molar refractivity (Wildman–Crippen MR) is 137 cm³/mol. The molecule has 0 radical (unpaired) electrons. The Morgan fingerprint density at radius 1 is 0.606 bits per heavy atom. The molecule has 1 aromatic heterocycles. The summed E-state index contributed by atoms with van der Waals surface area (Å²) in [4.78, 5) is 0. The molecule has 0 fully saturated rings. The highest BCUT2D eigenvalue weighted by Gasteiger charge is 2.23. The van der Waals surface area contributed by atoms with Gasteiger partial charge in [0.15, 0.2) is 11.6 Å². The van der Waals surface area contributed by atoms with Gasteiger partial charge >= 0.3 is 0 Å². The Bertz CT molecular complexity index is 1300. The normalized spacial score (nSPS) is 14.0. The minimum Gasteiger partial charge on any atom is -0.275 e. The van der Waals surface area contributed by atoms with Crippen molar-refractivity contribution in [3.63, 3.8) is 0 Å².